The van der Waals surface area contributed by atoms with E-state index in [2.05, 4.69) is 17.6 Å². The molecule has 0 saturated carbocycles. The fourth-order valence-electron chi connectivity index (χ4n) is 2.38. The van der Waals surface area contributed by atoms with Crippen molar-refractivity contribution in [3.05, 3.63) is 30.3 Å². The Morgan fingerprint density at radius 1 is 1.00 bits per heavy atom. The van der Waals surface area contributed by atoms with E-state index >= 15 is 0 Å². The minimum atomic E-state index is -1.63. The zero-order valence-corrected chi connectivity index (χ0v) is 16.4. The molecule has 0 bridgehead atoms. The first-order chi connectivity index (χ1) is 11.4. The maximum Gasteiger partial charge on any atom is 0.228 e. The first-order valence-corrected chi connectivity index (χ1v) is 9.74. The second-order valence-electron chi connectivity index (χ2n) is 5.92. The molecule has 0 heterocycles. The summed E-state index contributed by atoms with van der Waals surface area (Å²) in [5.41, 5.74) is 0.782. The summed E-state index contributed by atoms with van der Waals surface area (Å²) in [6, 6.07) is 9.35. The molecule has 0 saturated heterocycles. The van der Waals surface area contributed by atoms with Gasteiger partial charge in [0.2, 0.25) is 9.70 Å². The molecule has 1 amide bonds. The molecule has 1 unspecified atom stereocenters. The summed E-state index contributed by atoms with van der Waals surface area (Å²) in [5.74, 6) is -0.108. The van der Waals surface area contributed by atoms with Crippen molar-refractivity contribution in [1.82, 2.24) is 5.32 Å². The van der Waals surface area contributed by atoms with E-state index in [1.165, 1.54) is 32.1 Å². The average molecular weight is 394 g/mol. The van der Waals surface area contributed by atoms with Crippen LogP contribution in [0.4, 0.5) is 5.69 Å². The lowest BCUT2D eigenvalue weighted by Crippen LogP contribution is -2.49. The van der Waals surface area contributed by atoms with Crippen LogP contribution in [0.3, 0.4) is 0 Å². The van der Waals surface area contributed by atoms with Gasteiger partial charge in [-0.2, -0.15) is 0 Å². The highest BCUT2D eigenvalue weighted by Gasteiger charge is 2.33. The molecule has 1 aromatic rings. The van der Waals surface area contributed by atoms with Crippen molar-refractivity contribution in [2.24, 2.45) is 0 Å². The summed E-state index contributed by atoms with van der Waals surface area (Å²) >= 11 is 17.9. The van der Waals surface area contributed by atoms with Gasteiger partial charge in [-0.1, -0.05) is 98.5 Å². The molecule has 0 spiro atoms. The van der Waals surface area contributed by atoms with E-state index in [-0.39, 0.29) is 5.91 Å². The number of unbranched alkanes of at least 4 members (excludes halogenated alkanes) is 6. The smallest absolute Gasteiger partial charge is 0.228 e. The summed E-state index contributed by atoms with van der Waals surface area (Å²) in [6.45, 7) is 2.20. The Kier molecular flexibility index (Phi) is 10.6. The van der Waals surface area contributed by atoms with Crippen molar-refractivity contribution in [1.29, 1.82) is 0 Å². The Labute approximate surface area is 160 Å². The number of rotatable bonds is 11. The second-order valence-corrected chi connectivity index (χ2v) is 8.29. The molecule has 24 heavy (non-hydrogen) atoms. The predicted octanol–water partition coefficient (Wildman–Crippen LogP) is 6.05. The zero-order chi connectivity index (χ0) is 17.8. The van der Waals surface area contributed by atoms with Gasteiger partial charge in [0, 0.05) is 12.1 Å². The number of alkyl halides is 3. The maximum absolute atomic E-state index is 12.1. The molecule has 2 N–H and O–H groups in total. The van der Waals surface area contributed by atoms with Crippen LogP contribution in [0.2, 0.25) is 0 Å². The lowest BCUT2D eigenvalue weighted by atomic mass is 10.1. The van der Waals surface area contributed by atoms with Crippen molar-refractivity contribution in [2.75, 3.05) is 5.32 Å². The topological polar surface area (TPSA) is 41.1 Å². The Bertz CT molecular complexity index is 463. The largest absolute Gasteiger partial charge is 0.362 e. The molecule has 1 rings (SSSR count). The van der Waals surface area contributed by atoms with Crippen molar-refractivity contribution < 1.29 is 4.79 Å². The number of hydrogen-bond acceptors (Lipinski definition) is 2. The number of para-hydroxylation sites is 1. The quantitative estimate of drug-likeness (QED) is 0.273. The van der Waals surface area contributed by atoms with E-state index in [1.807, 2.05) is 30.3 Å². The van der Waals surface area contributed by atoms with Crippen LogP contribution >= 0.6 is 34.8 Å². The van der Waals surface area contributed by atoms with Gasteiger partial charge in [0.1, 0.15) is 6.17 Å². The maximum atomic E-state index is 12.1. The van der Waals surface area contributed by atoms with Gasteiger partial charge >= 0.3 is 0 Å². The van der Waals surface area contributed by atoms with Crippen LogP contribution < -0.4 is 10.6 Å². The summed E-state index contributed by atoms with van der Waals surface area (Å²) in [5, 5.41) is 5.82. The highest BCUT2D eigenvalue weighted by Crippen LogP contribution is 2.31. The summed E-state index contributed by atoms with van der Waals surface area (Å²) in [7, 11) is 0. The predicted molar refractivity (Wildman–Crippen MR) is 105 cm³/mol. The number of nitrogens with one attached hydrogen (secondary N) is 2. The normalized spacial score (nSPS) is 12.7. The molecular weight excluding hydrogens is 367 g/mol. The fourth-order valence-corrected chi connectivity index (χ4v) is 2.70. The third kappa shape index (κ3) is 9.61. The van der Waals surface area contributed by atoms with Gasteiger partial charge in [-0.3, -0.25) is 4.79 Å². The van der Waals surface area contributed by atoms with Gasteiger partial charge in [0.15, 0.2) is 0 Å². The van der Waals surface area contributed by atoms with Crippen LogP contribution in [0.15, 0.2) is 30.3 Å². The third-order valence-electron chi connectivity index (χ3n) is 3.72. The summed E-state index contributed by atoms with van der Waals surface area (Å²) in [4.78, 5) is 12.1. The van der Waals surface area contributed by atoms with Crippen molar-refractivity contribution >= 4 is 46.4 Å². The molecule has 3 nitrogen and oxygen atoms in total. The van der Waals surface area contributed by atoms with E-state index < -0.39 is 9.96 Å². The first-order valence-electron chi connectivity index (χ1n) is 8.61. The van der Waals surface area contributed by atoms with Gasteiger partial charge in [-0.05, 0) is 18.6 Å². The van der Waals surface area contributed by atoms with Crippen molar-refractivity contribution in [2.45, 2.75) is 68.2 Å². The molecule has 0 aliphatic carbocycles. The Balaban J connectivity index is 2.34. The first kappa shape index (κ1) is 21.4. The molecule has 0 radical (unpaired) electrons. The van der Waals surface area contributed by atoms with Crippen LogP contribution in [0.5, 0.6) is 0 Å². The highest BCUT2D eigenvalue weighted by atomic mass is 35.6. The molecule has 0 fully saturated rings. The van der Waals surface area contributed by atoms with E-state index in [1.54, 1.807) is 0 Å². The number of anilines is 1. The standard InChI is InChI=1S/C18H27Cl3N2O/c1-2-3-4-5-6-7-11-14-16(24)23-17(18(19,20)21)22-15-12-9-8-10-13-15/h8-10,12-13,17,22H,2-7,11,14H2,1H3,(H,23,24). The Morgan fingerprint density at radius 3 is 2.17 bits per heavy atom. The molecule has 1 aromatic carbocycles. The van der Waals surface area contributed by atoms with Crippen LogP contribution in [-0.4, -0.2) is 15.9 Å². The minimum absolute atomic E-state index is 0.108. The van der Waals surface area contributed by atoms with Gasteiger partial charge in [0.05, 0.1) is 0 Å². The van der Waals surface area contributed by atoms with E-state index in [0.29, 0.717) is 6.42 Å². The molecule has 6 heteroatoms. The molecule has 1 atom stereocenters. The van der Waals surface area contributed by atoms with E-state index in [0.717, 1.165) is 18.5 Å². The fraction of sp³-hybridized carbons (Fsp3) is 0.611. The number of carbonyl (C=O) groups excluding carboxylic acids is 1. The van der Waals surface area contributed by atoms with Crippen molar-refractivity contribution in [3.63, 3.8) is 0 Å². The second kappa shape index (κ2) is 11.8. The van der Waals surface area contributed by atoms with Gasteiger partial charge in [-0.15, -0.1) is 0 Å². The third-order valence-corrected chi connectivity index (χ3v) is 4.38. The monoisotopic (exact) mass is 392 g/mol. The molecule has 0 aromatic heterocycles. The molecule has 0 aliphatic heterocycles. The minimum Gasteiger partial charge on any atom is -0.362 e. The molecule has 0 aliphatic rings. The number of benzene rings is 1. The number of carbonyl (C=O) groups is 1. The lowest BCUT2D eigenvalue weighted by molar-refractivity contribution is -0.121. The van der Waals surface area contributed by atoms with Gasteiger partial charge in [-0.25, -0.2) is 0 Å². The average Bonchev–Trinajstić information content (AvgIpc) is 2.53. The molecular formula is C18H27Cl3N2O. The number of amides is 1. The lowest BCUT2D eigenvalue weighted by Gasteiger charge is -2.27. The van der Waals surface area contributed by atoms with Crippen LogP contribution in [-0.2, 0) is 4.79 Å². The van der Waals surface area contributed by atoms with Gasteiger partial charge < -0.3 is 10.6 Å². The molecule has 136 valence electrons. The van der Waals surface area contributed by atoms with E-state index in [9.17, 15) is 4.79 Å². The SMILES string of the molecule is CCCCCCCCCC(=O)NC(Nc1ccccc1)C(Cl)(Cl)Cl. The van der Waals surface area contributed by atoms with E-state index in [4.69, 9.17) is 34.8 Å². The summed E-state index contributed by atoms with van der Waals surface area (Å²) in [6.07, 6.45) is 7.80. The number of hydrogen-bond donors (Lipinski definition) is 2. The highest BCUT2D eigenvalue weighted by molar-refractivity contribution is 6.68. The van der Waals surface area contributed by atoms with Crippen LogP contribution in [0, 0.1) is 0 Å². The van der Waals surface area contributed by atoms with Crippen LogP contribution in [0.1, 0.15) is 58.3 Å². The Morgan fingerprint density at radius 2 is 1.58 bits per heavy atom. The van der Waals surface area contributed by atoms with Crippen molar-refractivity contribution in [3.8, 4) is 0 Å². The zero-order valence-electron chi connectivity index (χ0n) is 14.2. The Hall–Kier alpha value is -0.640. The van der Waals surface area contributed by atoms with Crippen LogP contribution in [0.25, 0.3) is 0 Å². The van der Waals surface area contributed by atoms with Gasteiger partial charge in [0.25, 0.3) is 0 Å². The number of halogens is 3. The summed E-state index contributed by atoms with van der Waals surface area (Å²) < 4.78 is -1.63.